The van der Waals surface area contributed by atoms with E-state index < -0.39 is 5.82 Å². The molecule has 6 nitrogen and oxygen atoms in total. The lowest BCUT2D eigenvalue weighted by atomic mass is 9.92. The van der Waals surface area contributed by atoms with Gasteiger partial charge in [-0.05, 0) is 48.2 Å². The van der Waals surface area contributed by atoms with Crippen LogP contribution in [0.25, 0.3) is 22.3 Å². The zero-order chi connectivity index (χ0) is 22.7. The summed E-state index contributed by atoms with van der Waals surface area (Å²) in [6, 6.07) is 11.7. The summed E-state index contributed by atoms with van der Waals surface area (Å²) < 4.78 is 14.5. The van der Waals surface area contributed by atoms with Crippen molar-refractivity contribution in [2.24, 2.45) is 5.41 Å². The highest BCUT2D eigenvalue weighted by Crippen LogP contribution is 2.32. The van der Waals surface area contributed by atoms with Gasteiger partial charge < -0.3 is 10.6 Å². The lowest BCUT2D eigenvalue weighted by Gasteiger charge is -2.18. The van der Waals surface area contributed by atoms with Crippen molar-refractivity contribution in [1.82, 2.24) is 19.9 Å². The minimum absolute atomic E-state index is 0.232. The lowest BCUT2D eigenvalue weighted by molar-refractivity contribution is 0.389. The number of hydrogen-bond acceptors (Lipinski definition) is 6. The number of halogens is 2. The van der Waals surface area contributed by atoms with Gasteiger partial charge in [0.05, 0.1) is 11.4 Å². The van der Waals surface area contributed by atoms with Crippen LogP contribution in [-0.4, -0.2) is 26.5 Å². The fourth-order valence-corrected chi connectivity index (χ4v) is 3.39. The van der Waals surface area contributed by atoms with E-state index in [1.165, 1.54) is 18.5 Å². The van der Waals surface area contributed by atoms with Gasteiger partial charge in [-0.3, -0.25) is 0 Å². The first-order chi connectivity index (χ1) is 15.3. The summed E-state index contributed by atoms with van der Waals surface area (Å²) in [5.41, 5.74) is 2.16. The number of nitrogens with one attached hydrogen (secondary N) is 2. The van der Waals surface area contributed by atoms with Gasteiger partial charge in [-0.15, -0.1) is 0 Å². The van der Waals surface area contributed by atoms with Crippen LogP contribution in [0.1, 0.15) is 27.2 Å². The third-order valence-electron chi connectivity index (χ3n) is 4.90. The summed E-state index contributed by atoms with van der Waals surface area (Å²) in [5.74, 6) is 0.923. The van der Waals surface area contributed by atoms with Gasteiger partial charge in [-0.1, -0.05) is 32.4 Å². The van der Waals surface area contributed by atoms with Gasteiger partial charge in [0.25, 0.3) is 0 Å². The quantitative estimate of drug-likeness (QED) is 0.350. The normalized spacial score (nSPS) is 11.5. The Hall–Kier alpha value is -3.32. The molecule has 0 bridgehead atoms. The Labute approximate surface area is 191 Å². The van der Waals surface area contributed by atoms with Crippen LogP contribution >= 0.6 is 11.6 Å². The Kier molecular flexibility index (Phi) is 6.19. The molecule has 0 aliphatic rings. The van der Waals surface area contributed by atoms with Crippen LogP contribution in [0.3, 0.4) is 0 Å². The van der Waals surface area contributed by atoms with Gasteiger partial charge in [0.15, 0.2) is 5.65 Å². The number of anilines is 3. The molecule has 0 radical (unpaired) electrons. The average molecular weight is 451 g/mol. The lowest BCUT2D eigenvalue weighted by Crippen LogP contribution is -2.13. The van der Waals surface area contributed by atoms with E-state index in [2.05, 4.69) is 51.3 Å². The summed E-state index contributed by atoms with van der Waals surface area (Å²) in [4.78, 5) is 17.5. The van der Waals surface area contributed by atoms with Gasteiger partial charge in [-0.2, -0.15) is 0 Å². The van der Waals surface area contributed by atoms with Crippen molar-refractivity contribution >= 4 is 40.0 Å². The molecular formula is C24H24ClFN6. The summed E-state index contributed by atoms with van der Waals surface area (Å²) in [7, 11) is 0. The first-order valence-electron chi connectivity index (χ1n) is 10.3. The largest absolute Gasteiger partial charge is 0.370 e. The molecule has 3 heterocycles. The molecule has 0 atom stereocenters. The predicted molar refractivity (Wildman–Crippen MR) is 128 cm³/mol. The zero-order valence-corrected chi connectivity index (χ0v) is 18.9. The van der Waals surface area contributed by atoms with Crippen LogP contribution in [0, 0.1) is 11.2 Å². The molecule has 0 amide bonds. The number of benzene rings is 1. The van der Waals surface area contributed by atoms with Gasteiger partial charge >= 0.3 is 0 Å². The molecule has 0 aliphatic carbocycles. The van der Waals surface area contributed by atoms with E-state index in [0.29, 0.717) is 33.4 Å². The van der Waals surface area contributed by atoms with E-state index >= 15 is 0 Å². The molecule has 0 saturated heterocycles. The van der Waals surface area contributed by atoms with Crippen LogP contribution in [0.2, 0.25) is 5.02 Å². The molecule has 0 fully saturated rings. The predicted octanol–water partition coefficient (Wildman–Crippen LogP) is 6.47. The SMILES string of the molecule is CC(C)(C)CCNc1cc(Nc2cc(-c3cc(Cl)ccc3F)nc3ncccc23)ncn1. The van der Waals surface area contributed by atoms with Crippen LogP contribution in [0.4, 0.5) is 21.7 Å². The van der Waals surface area contributed by atoms with Crippen molar-refractivity contribution in [3.63, 3.8) is 0 Å². The monoisotopic (exact) mass is 450 g/mol. The van der Waals surface area contributed by atoms with Crippen molar-refractivity contribution in [2.45, 2.75) is 27.2 Å². The topological polar surface area (TPSA) is 75.6 Å². The molecular weight excluding hydrogens is 427 g/mol. The van der Waals surface area contributed by atoms with E-state index in [-0.39, 0.29) is 5.41 Å². The highest BCUT2D eigenvalue weighted by Gasteiger charge is 2.14. The highest BCUT2D eigenvalue weighted by atomic mass is 35.5. The Bertz CT molecular complexity index is 1250. The van der Waals surface area contributed by atoms with E-state index in [1.807, 2.05) is 18.2 Å². The average Bonchev–Trinajstić information content (AvgIpc) is 2.75. The Morgan fingerprint density at radius 2 is 1.81 bits per heavy atom. The molecule has 0 unspecified atom stereocenters. The number of fused-ring (bicyclic) bond motifs is 1. The maximum absolute atomic E-state index is 14.5. The Morgan fingerprint density at radius 3 is 2.62 bits per heavy atom. The second kappa shape index (κ2) is 9.04. The molecule has 3 aromatic heterocycles. The molecule has 2 N–H and O–H groups in total. The maximum Gasteiger partial charge on any atom is 0.161 e. The van der Waals surface area contributed by atoms with Gasteiger partial charge in [0, 0.05) is 34.8 Å². The number of rotatable bonds is 6. The second-order valence-corrected chi connectivity index (χ2v) is 9.14. The molecule has 4 rings (SSSR count). The van der Waals surface area contributed by atoms with Gasteiger partial charge in [0.2, 0.25) is 0 Å². The standard InChI is InChI=1S/C24H24ClFN6/c1-24(2,3)8-10-27-21-13-22(30-14-29-21)31-19-12-20(17-11-15(25)6-7-18(17)26)32-23-16(19)5-4-9-28-23/h4-7,9,11-14H,8,10H2,1-3H3,(H2,27,28,29,30,31,32). The fraction of sp³-hybridized carbons (Fsp3) is 0.250. The summed E-state index contributed by atoms with van der Waals surface area (Å²) in [6.45, 7) is 7.40. The molecule has 0 spiro atoms. The minimum atomic E-state index is -0.407. The van der Waals surface area contributed by atoms with Crippen molar-refractivity contribution in [2.75, 3.05) is 17.2 Å². The van der Waals surface area contributed by atoms with E-state index in [1.54, 1.807) is 18.3 Å². The van der Waals surface area contributed by atoms with Gasteiger partial charge in [-0.25, -0.2) is 24.3 Å². The first-order valence-corrected chi connectivity index (χ1v) is 10.7. The van der Waals surface area contributed by atoms with Crippen LogP contribution < -0.4 is 10.6 Å². The number of aromatic nitrogens is 4. The van der Waals surface area contributed by atoms with Crippen LogP contribution in [-0.2, 0) is 0 Å². The Morgan fingerprint density at radius 1 is 1.00 bits per heavy atom. The zero-order valence-electron chi connectivity index (χ0n) is 18.2. The third-order valence-corrected chi connectivity index (χ3v) is 5.13. The van der Waals surface area contributed by atoms with E-state index in [9.17, 15) is 4.39 Å². The first kappa shape index (κ1) is 21.9. The molecule has 8 heteroatoms. The van der Waals surface area contributed by atoms with Crippen LogP contribution in [0.15, 0.2) is 55.0 Å². The fourth-order valence-electron chi connectivity index (χ4n) is 3.22. The van der Waals surface area contributed by atoms with E-state index in [0.717, 1.165) is 24.2 Å². The smallest absolute Gasteiger partial charge is 0.161 e. The number of nitrogens with zero attached hydrogens (tertiary/aromatic N) is 4. The van der Waals surface area contributed by atoms with E-state index in [4.69, 9.17) is 11.6 Å². The highest BCUT2D eigenvalue weighted by molar-refractivity contribution is 6.30. The Balaban J connectivity index is 1.67. The summed E-state index contributed by atoms with van der Waals surface area (Å²) >= 11 is 6.09. The van der Waals surface area contributed by atoms with Crippen molar-refractivity contribution in [3.05, 3.63) is 65.8 Å². The number of pyridine rings is 2. The summed E-state index contributed by atoms with van der Waals surface area (Å²) in [5, 5.41) is 7.87. The summed E-state index contributed by atoms with van der Waals surface area (Å²) in [6.07, 6.45) is 4.16. The second-order valence-electron chi connectivity index (χ2n) is 8.70. The molecule has 4 aromatic rings. The number of hydrogen-bond donors (Lipinski definition) is 2. The molecule has 164 valence electrons. The van der Waals surface area contributed by atoms with Crippen LogP contribution in [0.5, 0.6) is 0 Å². The van der Waals surface area contributed by atoms with Crippen molar-refractivity contribution in [3.8, 4) is 11.3 Å². The maximum atomic E-state index is 14.5. The van der Waals surface area contributed by atoms with Crippen molar-refractivity contribution in [1.29, 1.82) is 0 Å². The molecule has 1 aromatic carbocycles. The molecule has 32 heavy (non-hydrogen) atoms. The molecule has 0 saturated carbocycles. The minimum Gasteiger partial charge on any atom is -0.370 e. The van der Waals surface area contributed by atoms with Gasteiger partial charge in [0.1, 0.15) is 23.8 Å². The third kappa shape index (κ3) is 5.29. The van der Waals surface area contributed by atoms with Crippen molar-refractivity contribution < 1.29 is 4.39 Å². The molecule has 0 aliphatic heterocycles.